The Kier molecular flexibility index (Phi) is 3.84. The number of halogens is 2. The number of carboxylic acids is 1. The number of rotatable bonds is 4. The van der Waals surface area contributed by atoms with E-state index in [4.69, 9.17) is 15.6 Å². The molecule has 2 aromatic carbocycles. The molecule has 0 aliphatic heterocycles. The molecule has 0 amide bonds. The van der Waals surface area contributed by atoms with Crippen molar-refractivity contribution in [3.8, 4) is 5.75 Å². The molecular formula is C14H11F2NO3. The molecule has 104 valence electrons. The predicted molar refractivity (Wildman–Crippen MR) is 68.5 cm³/mol. The molecule has 0 aliphatic carbocycles. The lowest BCUT2D eigenvalue weighted by atomic mass is 10.1. The molecule has 0 bridgehead atoms. The van der Waals surface area contributed by atoms with E-state index in [1.807, 2.05) is 0 Å². The SMILES string of the molecule is Nc1cccc(OCc2cccc(F)c2F)c1C(=O)O. The molecule has 20 heavy (non-hydrogen) atoms. The van der Waals surface area contributed by atoms with Crippen molar-refractivity contribution in [3.63, 3.8) is 0 Å². The van der Waals surface area contributed by atoms with Crippen LogP contribution in [0.3, 0.4) is 0 Å². The summed E-state index contributed by atoms with van der Waals surface area (Å²) in [5, 5.41) is 9.05. The van der Waals surface area contributed by atoms with Gasteiger partial charge in [0.25, 0.3) is 0 Å². The van der Waals surface area contributed by atoms with E-state index in [1.165, 1.54) is 30.3 Å². The minimum atomic E-state index is -1.25. The average molecular weight is 279 g/mol. The van der Waals surface area contributed by atoms with Crippen LogP contribution < -0.4 is 10.5 Å². The van der Waals surface area contributed by atoms with Crippen LogP contribution in [0.15, 0.2) is 36.4 Å². The summed E-state index contributed by atoms with van der Waals surface area (Å²) in [6.45, 7) is -0.298. The zero-order valence-corrected chi connectivity index (χ0v) is 10.3. The first kappa shape index (κ1) is 13.8. The maximum atomic E-state index is 13.4. The monoisotopic (exact) mass is 279 g/mol. The minimum Gasteiger partial charge on any atom is -0.488 e. The highest BCUT2D eigenvalue weighted by Crippen LogP contribution is 2.25. The summed E-state index contributed by atoms with van der Waals surface area (Å²) in [5.41, 5.74) is 5.37. The number of hydrogen-bond acceptors (Lipinski definition) is 3. The summed E-state index contributed by atoms with van der Waals surface area (Å²) in [6.07, 6.45) is 0. The number of nitrogen functional groups attached to an aromatic ring is 1. The van der Waals surface area contributed by atoms with Crippen molar-refractivity contribution in [1.29, 1.82) is 0 Å². The first-order valence-electron chi connectivity index (χ1n) is 5.68. The first-order valence-corrected chi connectivity index (χ1v) is 5.68. The summed E-state index contributed by atoms with van der Waals surface area (Å²) in [4.78, 5) is 11.1. The van der Waals surface area contributed by atoms with Gasteiger partial charge >= 0.3 is 5.97 Å². The third-order valence-corrected chi connectivity index (χ3v) is 2.69. The second-order valence-corrected chi connectivity index (χ2v) is 4.03. The minimum absolute atomic E-state index is 0.00108. The summed E-state index contributed by atoms with van der Waals surface area (Å²) in [6, 6.07) is 8.01. The summed E-state index contributed by atoms with van der Waals surface area (Å²) in [7, 11) is 0. The van der Waals surface area contributed by atoms with Gasteiger partial charge in [0.2, 0.25) is 0 Å². The maximum absolute atomic E-state index is 13.4. The Morgan fingerprint density at radius 2 is 1.90 bits per heavy atom. The van der Waals surface area contributed by atoms with E-state index in [-0.39, 0.29) is 29.2 Å². The summed E-state index contributed by atoms with van der Waals surface area (Å²) < 4.78 is 31.7. The van der Waals surface area contributed by atoms with Crippen molar-refractivity contribution >= 4 is 11.7 Å². The predicted octanol–water partition coefficient (Wildman–Crippen LogP) is 2.82. The van der Waals surface area contributed by atoms with Gasteiger partial charge in [0, 0.05) is 11.3 Å². The van der Waals surface area contributed by atoms with Crippen molar-refractivity contribution < 1.29 is 23.4 Å². The van der Waals surface area contributed by atoms with Crippen LogP contribution >= 0.6 is 0 Å². The molecule has 0 fully saturated rings. The Hall–Kier alpha value is -2.63. The molecule has 2 aromatic rings. The normalized spacial score (nSPS) is 10.3. The Balaban J connectivity index is 2.26. The van der Waals surface area contributed by atoms with E-state index in [0.29, 0.717) is 0 Å². The Morgan fingerprint density at radius 3 is 2.60 bits per heavy atom. The van der Waals surface area contributed by atoms with E-state index in [9.17, 15) is 13.6 Å². The van der Waals surface area contributed by atoms with Gasteiger partial charge in [-0.05, 0) is 18.2 Å². The van der Waals surface area contributed by atoms with Crippen LogP contribution in [0.2, 0.25) is 0 Å². The number of carboxylic acid groups (broad SMARTS) is 1. The summed E-state index contributed by atoms with van der Waals surface area (Å²) in [5.74, 6) is -3.26. The first-order chi connectivity index (χ1) is 9.50. The van der Waals surface area contributed by atoms with Crippen LogP contribution in [0.1, 0.15) is 15.9 Å². The number of ether oxygens (including phenoxy) is 1. The number of hydrogen-bond donors (Lipinski definition) is 2. The summed E-state index contributed by atoms with van der Waals surface area (Å²) >= 11 is 0. The molecule has 0 aromatic heterocycles. The number of aromatic carboxylic acids is 1. The fourth-order valence-corrected chi connectivity index (χ4v) is 1.71. The van der Waals surface area contributed by atoms with Gasteiger partial charge in [0.1, 0.15) is 17.9 Å². The van der Waals surface area contributed by atoms with Crippen LogP contribution in [-0.2, 0) is 6.61 Å². The van der Waals surface area contributed by atoms with Crippen molar-refractivity contribution in [2.24, 2.45) is 0 Å². The molecule has 4 nitrogen and oxygen atoms in total. The lowest BCUT2D eigenvalue weighted by Crippen LogP contribution is -2.07. The average Bonchev–Trinajstić information content (AvgIpc) is 2.40. The molecule has 0 atom stereocenters. The zero-order chi connectivity index (χ0) is 14.7. The van der Waals surface area contributed by atoms with Crippen LogP contribution in [-0.4, -0.2) is 11.1 Å². The number of carbonyl (C=O) groups is 1. The van der Waals surface area contributed by atoms with Crippen LogP contribution in [0.5, 0.6) is 5.75 Å². The molecule has 0 saturated carbocycles. The Bertz CT molecular complexity index is 659. The van der Waals surface area contributed by atoms with Crippen LogP contribution in [0.4, 0.5) is 14.5 Å². The van der Waals surface area contributed by atoms with E-state index in [0.717, 1.165) is 6.07 Å². The van der Waals surface area contributed by atoms with Crippen molar-refractivity contribution in [1.82, 2.24) is 0 Å². The Labute approximate surface area is 113 Å². The maximum Gasteiger partial charge on any atom is 0.341 e. The second-order valence-electron chi connectivity index (χ2n) is 4.03. The van der Waals surface area contributed by atoms with Gasteiger partial charge in [-0.2, -0.15) is 0 Å². The number of anilines is 1. The lowest BCUT2D eigenvalue weighted by Gasteiger charge is -2.11. The van der Waals surface area contributed by atoms with Crippen LogP contribution in [0.25, 0.3) is 0 Å². The molecular weight excluding hydrogens is 268 g/mol. The van der Waals surface area contributed by atoms with Gasteiger partial charge in [0.15, 0.2) is 11.6 Å². The third kappa shape index (κ3) is 2.69. The molecule has 0 radical (unpaired) electrons. The molecule has 0 aliphatic rings. The van der Waals surface area contributed by atoms with Crippen molar-refractivity contribution in [3.05, 3.63) is 59.2 Å². The van der Waals surface area contributed by atoms with E-state index < -0.39 is 17.6 Å². The van der Waals surface area contributed by atoms with Crippen molar-refractivity contribution in [2.45, 2.75) is 6.61 Å². The molecule has 2 rings (SSSR count). The lowest BCUT2D eigenvalue weighted by molar-refractivity contribution is 0.0693. The van der Waals surface area contributed by atoms with Gasteiger partial charge in [-0.25, -0.2) is 13.6 Å². The number of nitrogens with two attached hydrogens (primary N) is 1. The zero-order valence-electron chi connectivity index (χ0n) is 10.3. The largest absolute Gasteiger partial charge is 0.488 e. The molecule has 3 N–H and O–H groups in total. The molecule has 6 heteroatoms. The highest BCUT2D eigenvalue weighted by Gasteiger charge is 2.16. The molecule has 0 spiro atoms. The Morgan fingerprint density at radius 1 is 1.20 bits per heavy atom. The molecule has 0 heterocycles. The van der Waals surface area contributed by atoms with Gasteiger partial charge in [-0.1, -0.05) is 18.2 Å². The van der Waals surface area contributed by atoms with Gasteiger partial charge in [-0.3, -0.25) is 0 Å². The molecule has 0 unspecified atom stereocenters. The van der Waals surface area contributed by atoms with Crippen LogP contribution in [0, 0.1) is 11.6 Å². The van der Waals surface area contributed by atoms with E-state index in [1.54, 1.807) is 0 Å². The van der Waals surface area contributed by atoms with Gasteiger partial charge in [0.05, 0.1) is 0 Å². The van der Waals surface area contributed by atoms with E-state index >= 15 is 0 Å². The highest BCUT2D eigenvalue weighted by molar-refractivity contribution is 5.96. The smallest absolute Gasteiger partial charge is 0.341 e. The quantitative estimate of drug-likeness (QED) is 0.844. The topological polar surface area (TPSA) is 72.5 Å². The fourth-order valence-electron chi connectivity index (χ4n) is 1.71. The van der Waals surface area contributed by atoms with Gasteiger partial charge < -0.3 is 15.6 Å². The van der Waals surface area contributed by atoms with Crippen molar-refractivity contribution in [2.75, 3.05) is 5.73 Å². The highest BCUT2D eigenvalue weighted by atomic mass is 19.2. The van der Waals surface area contributed by atoms with E-state index in [2.05, 4.69) is 0 Å². The second kappa shape index (κ2) is 5.56. The molecule has 0 saturated heterocycles. The standard InChI is InChI=1S/C14H11F2NO3/c15-9-4-1-3-8(13(9)16)7-20-11-6-2-5-10(17)12(11)14(18)19/h1-6H,7,17H2,(H,18,19). The third-order valence-electron chi connectivity index (χ3n) is 2.69. The number of benzene rings is 2. The fraction of sp³-hybridized carbons (Fsp3) is 0.0714. The van der Waals surface area contributed by atoms with Gasteiger partial charge in [-0.15, -0.1) is 0 Å².